The van der Waals surface area contributed by atoms with Crippen LogP contribution < -0.4 is 15.5 Å². The number of para-hydroxylation sites is 2. The molecule has 2 aromatic rings. The van der Waals surface area contributed by atoms with Gasteiger partial charge in [0, 0.05) is 5.56 Å². The molecule has 4 nitrogen and oxygen atoms in total. The first-order chi connectivity index (χ1) is 11.0. The number of benzene rings is 2. The van der Waals surface area contributed by atoms with Crippen LogP contribution in [0.5, 0.6) is 5.75 Å². The van der Waals surface area contributed by atoms with E-state index in [1.165, 1.54) is 11.1 Å². The normalized spacial score (nSPS) is 11.0. The maximum absolute atomic E-state index is 5.29. The van der Waals surface area contributed by atoms with E-state index in [4.69, 9.17) is 17.0 Å². The predicted octanol–water partition coefficient (Wildman–Crippen LogP) is 4.02. The van der Waals surface area contributed by atoms with Gasteiger partial charge < -0.3 is 10.1 Å². The minimum Gasteiger partial charge on any atom is -0.495 e. The molecule has 0 saturated carbocycles. The first kappa shape index (κ1) is 17.0. The number of hydrogen-bond acceptors (Lipinski definition) is 3. The monoisotopic (exact) mass is 327 g/mol. The van der Waals surface area contributed by atoms with Gasteiger partial charge in [-0.05, 0) is 56.8 Å². The molecule has 2 N–H and O–H groups in total. The van der Waals surface area contributed by atoms with E-state index in [-0.39, 0.29) is 0 Å². The van der Waals surface area contributed by atoms with Crippen molar-refractivity contribution in [2.24, 2.45) is 5.10 Å². The Kier molecular flexibility index (Phi) is 5.71. The van der Waals surface area contributed by atoms with Crippen molar-refractivity contribution in [1.82, 2.24) is 5.43 Å². The fraction of sp³-hybridized carbons (Fsp3) is 0.222. The average Bonchev–Trinajstić information content (AvgIpc) is 2.55. The lowest BCUT2D eigenvalue weighted by Crippen LogP contribution is -2.25. The number of hydrazone groups is 1. The molecular weight excluding hydrogens is 306 g/mol. The molecule has 0 aliphatic carbocycles. The zero-order chi connectivity index (χ0) is 16.8. The van der Waals surface area contributed by atoms with Crippen LogP contribution in [0.2, 0.25) is 0 Å². The summed E-state index contributed by atoms with van der Waals surface area (Å²) in [6.07, 6.45) is 0. The number of ether oxygens (including phenoxy) is 1. The summed E-state index contributed by atoms with van der Waals surface area (Å²) >= 11 is 5.29. The molecule has 0 fully saturated rings. The number of nitrogens with one attached hydrogen (secondary N) is 2. The minimum absolute atomic E-state index is 0.416. The number of hydrogen-bond donors (Lipinski definition) is 2. The van der Waals surface area contributed by atoms with Crippen molar-refractivity contribution in [2.75, 3.05) is 12.4 Å². The first-order valence-corrected chi connectivity index (χ1v) is 7.74. The van der Waals surface area contributed by atoms with Crippen LogP contribution in [0.15, 0.2) is 47.6 Å². The third-order valence-corrected chi connectivity index (χ3v) is 3.66. The van der Waals surface area contributed by atoms with Crippen molar-refractivity contribution >= 4 is 28.7 Å². The second-order valence-corrected chi connectivity index (χ2v) is 5.69. The van der Waals surface area contributed by atoms with Crippen molar-refractivity contribution in [2.45, 2.75) is 20.8 Å². The molecule has 0 bridgehead atoms. The Morgan fingerprint density at radius 1 is 1.13 bits per heavy atom. The Morgan fingerprint density at radius 2 is 1.87 bits per heavy atom. The summed E-state index contributed by atoms with van der Waals surface area (Å²) in [4.78, 5) is 0. The molecule has 0 atom stereocenters. The fourth-order valence-corrected chi connectivity index (χ4v) is 2.37. The van der Waals surface area contributed by atoms with Crippen molar-refractivity contribution in [3.05, 3.63) is 59.2 Å². The number of methoxy groups -OCH3 is 1. The van der Waals surface area contributed by atoms with Crippen molar-refractivity contribution in [3.8, 4) is 5.75 Å². The third-order valence-electron chi connectivity index (χ3n) is 3.46. The average molecular weight is 327 g/mol. The lowest BCUT2D eigenvalue weighted by atomic mass is 10.0. The lowest BCUT2D eigenvalue weighted by molar-refractivity contribution is 0.417. The smallest absolute Gasteiger partial charge is 0.191 e. The lowest BCUT2D eigenvalue weighted by Gasteiger charge is -2.12. The number of rotatable bonds is 4. The van der Waals surface area contributed by atoms with E-state index in [1.807, 2.05) is 31.2 Å². The molecule has 23 heavy (non-hydrogen) atoms. The zero-order valence-electron chi connectivity index (χ0n) is 13.8. The van der Waals surface area contributed by atoms with Gasteiger partial charge >= 0.3 is 0 Å². The summed E-state index contributed by atoms with van der Waals surface area (Å²) in [7, 11) is 1.62. The number of nitrogens with zero attached hydrogens (tertiary/aromatic N) is 1. The van der Waals surface area contributed by atoms with Crippen molar-refractivity contribution in [3.63, 3.8) is 0 Å². The third kappa shape index (κ3) is 4.53. The fourth-order valence-electron chi connectivity index (χ4n) is 2.22. The molecule has 0 heterocycles. The number of thiocarbonyl (C=S) groups is 1. The van der Waals surface area contributed by atoms with Gasteiger partial charge in [0.1, 0.15) is 5.75 Å². The first-order valence-electron chi connectivity index (χ1n) is 7.33. The summed E-state index contributed by atoms with van der Waals surface area (Å²) in [6, 6.07) is 13.9. The number of aryl methyl sites for hydroxylation is 2. The largest absolute Gasteiger partial charge is 0.495 e. The Hall–Kier alpha value is -2.40. The van der Waals surface area contributed by atoms with Crippen LogP contribution in [-0.2, 0) is 0 Å². The summed E-state index contributed by atoms with van der Waals surface area (Å²) < 4.78 is 5.28. The molecule has 0 aliphatic rings. The van der Waals surface area contributed by atoms with Gasteiger partial charge in [-0.25, -0.2) is 0 Å². The summed E-state index contributed by atoms with van der Waals surface area (Å²) in [5.74, 6) is 0.729. The molecule has 0 aliphatic heterocycles. The molecule has 0 radical (unpaired) electrons. The van der Waals surface area contributed by atoms with Crippen LogP contribution in [0.4, 0.5) is 5.69 Å². The highest BCUT2D eigenvalue weighted by molar-refractivity contribution is 7.80. The predicted molar refractivity (Wildman–Crippen MR) is 100 cm³/mol. The second kappa shape index (κ2) is 7.74. The molecule has 0 amide bonds. The van der Waals surface area contributed by atoms with E-state index in [0.29, 0.717) is 5.11 Å². The topological polar surface area (TPSA) is 45.6 Å². The second-order valence-electron chi connectivity index (χ2n) is 5.28. The molecule has 0 unspecified atom stereocenters. The molecular formula is C18H21N3OS. The molecule has 0 spiro atoms. The maximum atomic E-state index is 5.29. The molecule has 0 saturated heterocycles. The van der Waals surface area contributed by atoms with Crippen LogP contribution in [0.25, 0.3) is 0 Å². The maximum Gasteiger partial charge on any atom is 0.191 e. The van der Waals surface area contributed by atoms with Gasteiger partial charge in [0.05, 0.1) is 18.5 Å². The highest BCUT2D eigenvalue weighted by atomic mass is 32.1. The Bertz CT molecular complexity index is 741. The van der Waals surface area contributed by atoms with Crippen LogP contribution in [0.3, 0.4) is 0 Å². The Labute approximate surface area is 142 Å². The summed E-state index contributed by atoms with van der Waals surface area (Å²) in [5.41, 5.74) is 8.06. The van der Waals surface area contributed by atoms with E-state index in [9.17, 15) is 0 Å². The van der Waals surface area contributed by atoms with Gasteiger partial charge in [0.2, 0.25) is 0 Å². The van der Waals surface area contributed by atoms with Crippen LogP contribution in [-0.4, -0.2) is 17.9 Å². The van der Waals surface area contributed by atoms with Crippen LogP contribution in [0, 0.1) is 13.8 Å². The van der Waals surface area contributed by atoms with Gasteiger partial charge in [0.15, 0.2) is 5.11 Å². The molecule has 5 heteroatoms. The summed E-state index contributed by atoms with van der Waals surface area (Å²) in [6.45, 7) is 6.09. The minimum atomic E-state index is 0.416. The van der Waals surface area contributed by atoms with Gasteiger partial charge in [-0.1, -0.05) is 29.8 Å². The van der Waals surface area contributed by atoms with Crippen LogP contribution in [0.1, 0.15) is 23.6 Å². The van der Waals surface area contributed by atoms with E-state index in [1.54, 1.807) is 7.11 Å². The highest BCUT2D eigenvalue weighted by Crippen LogP contribution is 2.22. The van der Waals surface area contributed by atoms with Gasteiger partial charge in [0.25, 0.3) is 0 Å². The quantitative estimate of drug-likeness (QED) is 0.506. The van der Waals surface area contributed by atoms with E-state index >= 15 is 0 Å². The van der Waals surface area contributed by atoms with Crippen molar-refractivity contribution in [1.29, 1.82) is 0 Å². The molecule has 2 rings (SSSR count). The Balaban J connectivity index is 2.07. The Morgan fingerprint density at radius 3 is 2.61 bits per heavy atom. The molecule has 2 aromatic carbocycles. The standard InChI is InChI=1S/C18H21N3OS/c1-12-9-10-13(2)15(11-12)14(3)20-21-18(23)19-16-7-5-6-8-17(16)22-4/h5-11H,1-4H3,(H2,19,21,23)/b20-14-. The van der Waals surface area contributed by atoms with E-state index < -0.39 is 0 Å². The highest BCUT2D eigenvalue weighted by Gasteiger charge is 2.05. The molecule has 0 aromatic heterocycles. The SMILES string of the molecule is COc1ccccc1NC(=S)N/N=C(/C)c1cc(C)ccc1C. The summed E-state index contributed by atoms with van der Waals surface area (Å²) in [5, 5.41) is 7.87. The number of anilines is 1. The van der Waals surface area contributed by atoms with Crippen molar-refractivity contribution < 1.29 is 4.74 Å². The van der Waals surface area contributed by atoms with Gasteiger partial charge in [-0.15, -0.1) is 0 Å². The van der Waals surface area contributed by atoms with E-state index in [2.05, 4.69) is 47.9 Å². The van der Waals surface area contributed by atoms with Gasteiger partial charge in [-0.2, -0.15) is 5.10 Å². The van der Waals surface area contributed by atoms with Crippen LogP contribution >= 0.6 is 12.2 Å². The van der Waals surface area contributed by atoms with Gasteiger partial charge in [-0.3, -0.25) is 5.43 Å². The van der Waals surface area contributed by atoms with E-state index in [0.717, 1.165) is 22.7 Å². The molecule has 120 valence electrons. The zero-order valence-corrected chi connectivity index (χ0v) is 14.6.